The molecule has 1 saturated carbocycles. The van der Waals surface area contributed by atoms with Crippen LogP contribution < -0.4 is 10.1 Å². The van der Waals surface area contributed by atoms with Gasteiger partial charge in [-0.1, -0.05) is 0 Å². The molecule has 1 amide bonds. The second-order valence-corrected chi connectivity index (χ2v) is 5.94. The van der Waals surface area contributed by atoms with E-state index in [0.717, 1.165) is 50.0 Å². The molecule has 21 heavy (non-hydrogen) atoms. The molecule has 0 unspecified atom stereocenters. The summed E-state index contributed by atoms with van der Waals surface area (Å²) in [5.74, 6) is 1.46. The summed E-state index contributed by atoms with van der Waals surface area (Å²) < 4.78 is 11.4. The SMILES string of the molecule is O=C(NCCc1coc2ccc3c(c12)CCCO3)C1CC1. The summed E-state index contributed by atoms with van der Waals surface area (Å²) >= 11 is 0. The van der Waals surface area contributed by atoms with Crippen molar-refractivity contribution in [3.8, 4) is 5.75 Å². The van der Waals surface area contributed by atoms with Gasteiger partial charge in [-0.25, -0.2) is 0 Å². The number of amides is 1. The number of ether oxygens (including phenoxy) is 1. The lowest BCUT2D eigenvalue weighted by Crippen LogP contribution is -2.26. The van der Waals surface area contributed by atoms with Gasteiger partial charge in [-0.15, -0.1) is 0 Å². The summed E-state index contributed by atoms with van der Waals surface area (Å²) in [5, 5.41) is 4.20. The van der Waals surface area contributed by atoms with E-state index >= 15 is 0 Å². The molecule has 2 heterocycles. The highest BCUT2D eigenvalue weighted by atomic mass is 16.5. The number of carbonyl (C=O) groups excluding carboxylic acids is 1. The number of furan rings is 1. The van der Waals surface area contributed by atoms with Gasteiger partial charge in [0.25, 0.3) is 0 Å². The lowest BCUT2D eigenvalue weighted by Gasteiger charge is -2.18. The van der Waals surface area contributed by atoms with Crippen molar-refractivity contribution in [2.24, 2.45) is 5.92 Å². The second-order valence-electron chi connectivity index (χ2n) is 5.94. The molecule has 1 aromatic carbocycles. The first-order valence-electron chi connectivity index (χ1n) is 7.75. The first kappa shape index (κ1) is 12.7. The fourth-order valence-electron chi connectivity index (χ4n) is 3.06. The van der Waals surface area contributed by atoms with E-state index in [1.807, 2.05) is 18.4 Å². The highest BCUT2D eigenvalue weighted by molar-refractivity contribution is 5.87. The summed E-state index contributed by atoms with van der Waals surface area (Å²) in [4.78, 5) is 11.7. The molecule has 0 atom stereocenters. The van der Waals surface area contributed by atoms with Crippen molar-refractivity contribution in [3.05, 3.63) is 29.5 Å². The first-order valence-corrected chi connectivity index (χ1v) is 7.75. The number of hydrogen-bond acceptors (Lipinski definition) is 3. The van der Waals surface area contributed by atoms with Crippen LogP contribution in [0.15, 0.2) is 22.8 Å². The molecule has 110 valence electrons. The molecule has 2 aromatic rings. The van der Waals surface area contributed by atoms with E-state index in [2.05, 4.69) is 5.32 Å². The molecule has 0 bridgehead atoms. The topological polar surface area (TPSA) is 51.5 Å². The predicted octanol–water partition coefficient (Wildman–Crippen LogP) is 2.83. The van der Waals surface area contributed by atoms with Gasteiger partial charge >= 0.3 is 0 Å². The highest BCUT2D eigenvalue weighted by Gasteiger charge is 2.29. The quantitative estimate of drug-likeness (QED) is 0.939. The Balaban J connectivity index is 1.55. The van der Waals surface area contributed by atoms with Crippen LogP contribution in [0.25, 0.3) is 11.0 Å². The van der Waals surface area contributed by atoms with E-state index in [1.165, 1.54) is 16.5 Å². The van der Waals surface area contributed by atoms with E-state index in [-0.39, 0.29) is 11.8 Å². The zero-order valence-electron chi connectivity index (χ0n) is 12.0. The summed E-state index contributed by atoms with van der Waals surface area (Å²) in [6.07, 6.45) is 6.81. The maximum Gasteiger partial charge on any atom is 0.223 e. The molecule has 0 spiro atoms. The van der Waals surface area contributed by atoms with Crippen LogP contribution in [0.4, 0.5) is 0 Å². The van der Waals surface area contributed by atoms with Crippen molar-refractivity contribution < 1.29 is 13.9 Å². The minimum atomic E-state index is 0.202. The number of benzene rings is 1. The van der Waals surface area contributed by atoms with Crippen molar-refractivity contribution in [1.29, 1.82) is 0 Å². The molecule has 0 radical (unpaired) electrons. The average molecular weight is 285 g/mol. The van der Waals surface area contributed by atoms with Crippen LogP contribution in [0.2, 0.25) is 0 Å². The Labute approximate surface area is 123 Å². The summed E-state index contributed by atoms with van der Waals surface area (Å²) in [7, 11) is 0. The number of fused-ring (bicyclic) bond motifs is 3. The average Bonchev–Trinajstić information content (AvgIpc) is 3.29. The van der Waals surface area contributed by atoms with Gasteiger partial charge in [0.15, 0.2) is 0 Å². The van der Waals surface area contributed by atoms with E-state index in [0.29, 0.717) is 6.54 Å². The van der Waals surface area contributed by atoms with Crippen molar-refractivity contribution >= 4 is 16.9 Å². The Morgan fingerprint density at radius 2 is 2.24 bits per heavy atom. The summed E-state index contributed by atoms with van der Waals surface area (Å²) in [6, 6.07) is 3.98. The molecule has 4 heteroatoms. The Morgan fingerprint density at radius 3 is 3.10 bits per heavy atom. The molecule has 0 saturated heterocycles. The van der Waals surface area contributed by atoms with E-state index in [4.69, 9.17) is 9.15 Å². The summed E-state index contributed by atoms with van der Waals surface area (Å²) in [6.45, 7) is 1.47. The summed E-state index contributed by atoms with van der Waals surface area (Å²) in [5.41, 5.74) is 3.35. The Kier molecular flexibility index (Phi) is 3.09. The molecule has 4 rings (SSSR count). The smallest absolute Gasteiger partial charge is 0.223 e. The minimum absolute atomic E-state index is 0.202. The van der Waals surface area contributed by atoms with Crippen LogP contribution in [-0.4, -0.2) is 19.1 Å². The third-order valence-corrected chi connectivity index (χ3v) is 4.35. The number of carbonyl (C=O) groups is 1. The second kappa shape index (κ2) is 5.10. The van der Waals surface area contributed by atoms with Gasteiger partial charge in [-0.2, -0.15) is 0 Å². The monoisotopic (exact) mass is 285 g/mol. The fraction of sp³-hybridized carbons (Fsp3) is 0.471. The largest absolute Gasteiger partial charge is 0.493 e. The molecular weight excluding hydrogens is 266 g/mol. The zero-order chi connectivity index (χ0) is 14.2. The number of aryl methyl sites for hydroxylation is 1. The number of hydrogen-bond donors (Lipinski definition) is 1. The molecule has 2 aliphatic rings. The normalized spacial score (nSPS) is 17.3. The Bertz CT molecular complexity index is 685. The van der Waals surface area contributed by atoms with Crippen LogP contribution in [0.3, 0.4) is 0 Å². The van der Waals surface area contributed by atoms with E-state index < -0.39 is 0 Å². The molecular formula is C17H19NO3. The lowest BCUT2D eigenvalue weighted by atomic mass is 9.98. The van der Waals surface area contributed by atoms with Gasteiger partial charge in [-0.3, -0.25) is 4.79 Å². The molecule has 1 aliphatic carbocycles. The van der Waals surface area contributed by atoms with Crippen LogP contribution in [-0.2, 0) is 17.6 Å². The van der Waals surface area contributed by atoms with E-state index in [1.54, 1.807) is 0 Å². The van der Waals surface area contributed by atoms with Crippen molar-refractivity contribution in [1.82, 2.24) is 5.32 Å². The molecule has 1 aromatic heterocycles. The molecule has 4 nitrogen and oxygen atoms in total. The van der Waals surface area contributed by atoms with Crippen molar-refractivity contribution in [2.75, 3.05) is 13.2 Å². The first-order chi connectivity index (χ1) is 10.3. The van der Waals surface area contributed by atoms with Crippen molar-refractivity contribution in [2.45, 2.75) is 32.1 Å². The zero-order valence-corrected chi connectivity index (χ0v) is 12.0. The lowest BCUT2D eigenvalue weighted by molar-refractivity contribution is -0.122. The number of nitrogens with one attached hydrogen (secondary N) is 1. The van der Waals surface area contributed by atoms with E-state index in [9.17, 15) is 4.79 Å². The Morgan fingerprint density at radius 1 is 1.33 bits per heavy atom. The number of rotatable bonds is 4. The minimum Gasteiger partial charge on any atom is -0.493 e. The predicted molar refractivity (Wildman–Crippen MR) is 79.5 cm³/mol. The van der Waals surface area contributed by atoms with Gasteiger partial charge in [0.05, 0.1) is 12.9 Å². The van der Waals surface area contributed by atoms with Crippen LogP contribution >= 0.6 is 0 Å². The van der Waals surface area contributed by atoms with Gasteiger partial charge in [0.2, 0.25) is 5.91 Å². The van der Waals surface area contributed by atoms with Gasteiger partial charge in [-0.05, 0) is 44.2 Å². The van der Waals surface area contributed by atoms with Gasteiger partial charge in [0.1, 0.15) is 11.3 Å². The van der Waals surface area contributed by atoms with Crippen LogP contribution in [0.5, 0.6) is 5.75 Å². The molecule has 1 aliphatic heterocycles. The Hall–Kier alpha value is -1.97. The van der Waals surface area contributed by atoms with Gasteiger partial charge < -0.3 is 14.5 Å². The maximum absolute atomic E-state index is 11.7. The fourth-order valence-corrected chi connectivity index (χ4v) is 3.06. The molecule has 1 N–H and O–H groups in total. The third-order valence-electron chi connectivity index (χ3n) is 4.35. The van der Waals surface area contributed by atoms with Crippen LogP contribution in [0.1, 0.15) is 30.4 Å². The maximum atomic E-state index is 11.7. The molecule has 1 fully saturated rings. The highest BCUT2D eigenvalue weighted by Crippen LogP contribution is 2.35. The third kappa shape index (κ3) is 2.39. The standard InChI is InChI=1S/C17H19NO3/c19-17(11-3-4-11)18-8-7-12-10-21-15-6-5-14-13(16(12)15)2-1-9-20-14/h5-6,10-11H,1-4,7-9H2,(H,18,19). The van der Waals surface area contributed by atoms with Crippen LogP contribution in [0, 0.1) is 5.92 Å². The van der Waals surface area contributed by atoms with Gasteiger partial charge in [0, 0.05) is 29.0 Å². The van der Waals surface area contributed by atoms with Crippen molar-refractivity contribution in [3.63, 3.8) is 0 Å².